The van der Waals surface area contributed by atoms with E-state index in [1.54, 1.807) is 12.1 Å². The summed E-state index contributed by atoms with van der Waals surface area (Å²) in [5.74, 6) is -0.223. The zero-order valence-electron chi connectivity index (χ0n) is 12.7. The summed E-state index contributed by atoms with van der Waals surface area (Å²) in [4.78, 5) is 0. The second-order valence-electron chi connectivity index (χ2n) is 5.22. The summed E-state index contributed by atoms with van der Waals surface area (Å²) in [5, 5.41) is 8.00. The Morgan fingerprint density at radius 3 is 2.81 bits per heavy atom. The second-order valence-corrected chi connectivity index (χ2v) is 6.07. The summed E-state index contributed by atoms with van der Waals surface area (Å²) in [6.07, 6.45) is 1.11. The molecule has 0 fully saturated rings. The fourth-order valence-electron chi connectivity index (χ4n) is 2.36. The molecule has 0 aliphatic rings. The summed E-state index contributed by atoms with van der Waals surface area (Å²) < 4.78 is 16.2. The first-order valence-electron chi connectivity index (χ1n) is 7.20. The molecule has 0 amide bonds. The number of halogens is 2. The van der Waals surface area contributed by atoms with Crippen LogP contribution in [0.5, 0.6) is 0 Å². The number of hydrogen-bond acceptors (Lipinski definition) is 2. The van der Waals surface area contributed by atoms with Crippen LogP contribution >= 0.6 is 15.9 Å². The molecule has 1 aromatic heterocycles. The van der Waals surface area contributed by atoms with E-state index in [1.165, 1.54) is 11.6 Å². The Labute approximate surface area is 133 Å². The first-order chi connectivity index (χ1) is 10.0. The van der Waals surface area contributed by atoms with Gasteiger partial charge >= 0.3 is 0 Å². The molecule has 0 saturated heterocycles. The molecule has 0 saturated carbocycles. The molecular formula is C16H21BrFN3. The van der Waals surface area contributed by atoms with Crippen LogP contribution in [0.4, 0.5) is 4.39 Å². The van der Waals surface area contributed by atoms with Crippen LogP contribution in [-0.4, -0.2) is 16.3 Å². The third kappa shape index (κ3) is 3.92. The summed E-state index contributed by atoms with van der Waals surface area (Å²) in [6.45, 7) is 8.63. The number of rotatable bonds is 6. The summed E-state index contributed by atoms with van der Waals surface area (Å²) in [7, 11) is 0. The average Bonchev–Trinajstić information content (AvgIpc) is 2.70. The lowest BCUT2D eigenvalue weighted by molar-refractivity contribution is 0.614. The highest BCUT2D eigenvalue weighted by atomic mass is 79.9. The van der Waals surface area contributed by atoms with Crippen LogP contribution in [0.1, 0.15) is 35.9 Å². The first-order valence-corrected chi connectivity index (χ1v) is 7.99. The largest absolute Gasteiger partial charge is 0.313 e. The lowest BCUT2D eigenvalue weighted by atomic mass is 10.2. The maximum absolute atomic E-state index is 13.4. The van der Waals surface area contributed by atoms with E-state index in [0.29, 0.717) is 6.54 Å². The fourth-order valence-corrected chi connectivity index (χ4v) is 2.73. The van der Waals surface area contributed by atoms with Gasteiger partial charge in [-0.3, -0.25) is 4.68 Å². The second kappa shape index (κ2) is 7.18. The van der Waals surface area contributed by atoms with Gasteiger partial charge in [-0.25, -0.2) is 4.39 Å². The maximum Gasteiger partial charge on any atom is 0.123 e. The van der Waals surface area contributed by atoms with Crippen molar-refractivity contribution in [3.05, 3.63) is 51.0 Å². The van der Waals surface area contributed by atoms with Gasteiger partial charge in [0.05, 0.1) is 12.2 Å². The lowest BCUT2D eigenvalue weighted by Gasteiger charge is -2.08. The van der Waals surface area contributed by atoms with Gasteiger partial charge in [-0.1, -0.05) is 22.9 Å². The summed E-state index contributed by atoms with van der Waals surface area (Å²) in [6, 6.07) is 4.74. The van der Waals surface area contributed by atoms with E-state index in [-0.39, 0.29) is 5.82 Å². The number of nitrogens with one attached hydrogen (secondary N) is 1. The zero-order valence-corrected chi connectivity index (χ0v) is 14.3. The van der Waals surface area contributed by atoms with Crippen LogP contribution in [0.3, 0.4) is 0 Å². The molecule has 114 valence electrons. The van der Waals surface area contributed by atoms with E-state index in [1.807, 2.05) is 11.6 Å². The minimum atomic E-state index is -0.223. The van der Waals surface area contributed by atoms with Crippen LogP contribution in [0, 0.1) is 19.7 Å². The van der Waals surface area contributed by atoms with Crippen molar-refractivity contribution in [2.24, 2.45) is 0 Å². The number of aryl methyl sites for hydroxylation is 1. The van der Waals surface area contributed by atoms with E-state index in [0.717, 1.165) is 40.9 Å². The maximum atomic E-state index is 13.4. The fraction of sp³-hybridized carbons (Fsp3) is 0.438. The van der Waals surface area contributed by atoms with E-state index in [2.05, 4.69) is 40.2 Å². The predicted molar refractivity (Wildman–Crippen MR) is 86.9 cm³/mol. The third-order valence-electron chi connectivity index (χ3n) is 3.59. The van der Waals surface area contributed by atoms with Crippen molar-refractivity contribution in [1.82, 2.24) is 15.1 Å². The molecule has 0 aliphatic heterocycles. The van der Waals surface area contributed by atoms with Crippen LogP contribution in [0.2, 0.25) is 0 Å². The molecular weight excluding hydrogens is 333 g/mol. The minimum Gasteiger partial charge on any atom is -0.313 e. The number of hydrogen-bond donors (Lipinski definition) is 1. The third-order valence-corrected chi connectivity index (χ3v) is 4.36. The van der Waals surface area contributed by atoms with Gasteiger partial charge in [-0.05, 0) is 50.6 Å². The molecule has 0 radical (unpaired) electrons. The summed E-state index contributed by atoms with van der Waals surface area (Å²) >= 11 is 3.47. The molecule has 5 heteroatoms. The molecule has 0 unspecified atom stereocenters. The van der Waals surface area contributed by atoms with Crippen LogP contribution in [0.15, 0.2) is 22.7 Å². The van der Waals surface area contributed by atoms with Crippen LogP contribution < -0.4 is 5.32 Å². The van der Waals surface area contributed by atoms with Crippen molar-refractivity contribution in [2.75, 3.05) is 6.54 Å². The molecule has 0 spiro atoms. The average molecular weight is 354 g/mol. The lowest BCUT2D eigenvalue weighted by Crippen LogP contribution is -2.15. The minimum absolute atomic E-state index is 0.223. The molecule has 1 N–H and O–H groups in total. The van der Waals surface area contributed by atoms with Crippen molar-refractivity contribution in [3.8, 4) is 0 Å². The molecule has 0 aliphatic carbocycles. The van der Waals surface area contributed by atoms with E-state index >= 15 is 0 Å². The molecule has 1 heterocycles. The van der Waals surface area contributed by atoms with Gasteiger partial charge in [-0.2, -0.15) is 5.10 Å². The first kappa shape index (κ1) is 16.2. The number of nitrogens with zero attached hydrogens (tertiary/aromatic N) is 2. The Morgan fingerprint density at radius 2 is 2.10 bits per heavy atom. The SMILES string of the molecule is CCCNCc1c(C)nn(Cc2cc(F)ccc2Br)c1C. The Bertz CT molecular complexity index is 622. The topological polar surface area (TPSA) is 29.9 Å². The Hall–Kier alpha value is -1.20. The van der Waals surface area contributed by atoms with E-state index < -0.39 is 0 Å². The van der Waals surface area contributed by atoms with Crippen molar-refractivity contribution < 1.29 is 4.39 Å². The smallest absolute Gasteiger partial charge is 0.123 e. The Kier molecular flexibility index (Phi) is 5.53. The van der Waals surface area contributed by atoms with Gasteiger partial charge in [0.2, 0.25) is 0 Å². The quantitative estimate of drug-likeness (QED) is 0.796. The molecule has 1 aromatic carbocycles. The van der Waals surface area contributed by atoms with Gasteiger partial charge in [0.1, 0.15) is 5.82 Å². The highest BCUT2D eigenvalue weighted by molar-refractivity contribution is 9.10. The number of aromatic nitrogens is 2. The molecule has 2 aromatic rings. The highest BCUT2D eigenvalue weighted by Gasteiger charge is 2.12. The molecule has 0 bridgehead atoms. The van der Waals surface area contributed by atoms with Crippen molar-refractivity contribution in [2.45, 2.75) is 40.3 Å². The van der Waals surface area contributed by atoms with Crippen LogP contribution in [-0.2, 0) is 13.1 Å². The summed E-state index contributed by atoms with van der Waals surface area (Å²) in [5.41, 5.74) is 4.29. The van der Waals surface area contributed by atoms with Gasteiger partial charge in [0.15, 0.2) is 0 Å². The van der Waals surface area contributed by atoms with Gasteiger partial charge < -0.3 is 5.32 Å². The standard InChI is InChI=1S/C16H21BrFN3/c1-4-7-19-9-15-11(2)20-21(12(15)3)10-13-8-14(18)5-6-16(13)17/h5-6,8,19H,4,7,9-10H2,1-3H3. The van der Waals surface area contributed by atoms with E-state index in [9.17, 15) is 4.39 Å². The van der Waals surface area contributed by atoms with Crippen molar-refractivity contribution >= 4 is 15.9 Å². The highest BCUT2D eigenvalue weighted by Crippen LogP contribution is 2.21. The molecule has 21 heavy (non-hydrogen) atoms. The monoisotopic (exact) mass is 353 g/mol. The van der Waals surface area contributed by atoms with Crippen molar-refractivity contribution in [1.29, 1.82) is 0 Å². The Balaban J connectivity index is 2.21. The zero-order chi connectivity index (χ0) is 15.4. The Morgan fingerprint density at radius 1 is 1.33 bits per heavy atom. The molecule has 2 rings (SSSR count). The predicted octanol–water partition coefficient (Wildman–Crippen LogP) is 3.95. The molecule has 3 nitrogen and oxygen atoms in total. The van der Waals surface area contributed by atoms with E-state index in [4.69, 9.17) is 0 Å². The number of benzene rings is 1. The van der Waals surface area contributed by atoms with Crippen LogP contribution in [0.25, 0.3) is 0 Å². The van der Waals surface area contributed by atoms with Gasteiger partial charge in [0.25, 0.3) is 0 Å². The molecule has 0 atom stereocenters. The normalized spacial score (nSPS) is 11.1. The van der Waals surface area contributed by atoms with Crippen molar-refractivity contribution in [3.63, 3.8) is 0 Å². The van der Waals surface area contributed by atoms with Gasteiger partial charge in [-0.15, -0.1) is 0 Å². The van der Waals surface area contributed by atoms with Gasteiger partial charge in [0, 0.05) is 22.3 Å².